The van der Waals surface area contributed by atoms with Crippen molar-refractivity contribution in [2.24, 2.45) is 0 Å². The van der Waals surface area contributed by atoms with E-state index >= 15 is 0 Å². The molecule has 6 heteroatoms. The van der Waals surface area contributed by atoms with Crippen LogP contribution in [0.15, 0.2) is 24.3 Å². The number of aliphatic hydroxyl groups is 1. The molecular weight excluding hydrogens is 236 g/mol. The smallest absolute Gasteiger partial charge is 0.414 e. The Balaban J connectivity index is 2.14. The molecule has 1 saturated heterocycles. The van der Waals surface area contributed by atoms with E-state index in [-0.39, 0.29) is 13.2 Å². The van der Waals surface area contributed by atoms with Gasteiger partial charge in [0.1, 0.15) is 17.9 Å². The SMILES string of the molecule is N#CCOc1cccc(N2CC(CO)OC2=O)c1. The Kier molecular flexibility index (Phi) is 3.65. The zero-order chi connectivity index (χ0) is 13.0. The Morgan fingerprint density at radius 2 is 2.44 bits per heavy atom. The lowest BCUT2D eigenvalue weighted by molar-refractivity contribution is 0.0963. The van der Waals surface area contributed by atoms with E-state index in [1.807, 2.05) is 6.07 Å². The molecule has 1 fully saturated rings. The van der Waals surface area contributed by atoms with Gasteiger partial charge in [-0.3, -0.25) is 4.90 Å². The maximum atomic E-state index is 11.6. The Morgan fingerprint density at radius 3 is 3.11 bits per heavy atom. The molecule has 94 valence electrons. The lowest BCUT2D eigenvalue weighted by atomic mass is 10.2. The highest BCUT2D eigenvalue weighted by Gasteiger charge is 2.31. The number of rotatable bonds is 4. The number of benzene rings is 1. The van der Waals surface area contributed by atoms with Gasteiger partial charge in [-0.2, -0.15) is 5.26 Å². The predicted octanol–water partition coefficient (Wildman–Crippen LogP) is 0.906. The second-order valence-corrected chi connectivity index (χ2v) is 3.74. The van der Waals surface area contributed by atoms with Crippen LogP contribution in [0.4, 0.5) is 10.5 Å². The molecule has 1 unspecified atom stereocenters. The first-order valence-electron chi connectivity index (χ1n) is 5.43. The van der Waals surface area contributed by atoms with Gasteiger partial charge >= 0.3 is 6.09 Å². The molecule has 1 heterocycles. The van der Waals surface area contributed by atoms with E-state index in [1.54, 1.807) is 24.3 Å². The molecule has 0 spiro atoms. The Labute approximate surface area is 104 Å². The van der Waals surface area contributed by atoms with E-state index in [2.05, 4.69) is 0 Å². The minimum Gasteiger partial charge on any atom is -0.479 e. The van der Waals surface area contributed by atoms with Crippen LogP contribution in [0, 0.1) is 11.3 Å². The summed E-state index contributed by atoms with van der Waals surface area (Å²) < 4.78 is 10.1. The van der Waals surface area contributed by atoms with Crippen LogP contribution in [0.5, 0.6) is 5.75 Å². The normalized spacial score (nSPS) is 18.3. The zero-order valence-corrected chi connectivity index (χ0v) is 9.57. The van der Waals surface area contributed by atoms with Crippen LogP contribution >= 0.6 is 0 Å². The molecule has 6 nitrogen and oxygen atoms in total. The van der Waals surface area contributed by atoms with Crippen molar-refractivity contribution in [1.29, 1.82) is 5.26 Å². The van der Waals surface area contributed by atoms with Crippen LogP contribution in [-0.2, 0) is 4.74 Å². The first-order valence-corrected chi connectivity index (χ1v) is 5.43. The Bertz CT molecular complexity index is 483. The third-order valence-corrected chi connectivity index (χ3v) is 2.51. The number of cyclic esters (lactones) is 1. The quantitative estimate of drug-likeness (QED) is 0.856. The molecule has 0 radical (unpaired) electrons. The number of hydrogen-bond donors (Lipinski definition) is 1. The number of ether oxygens (including phenoxy) is 2. The van der Waals surface area contributed by atoms with Gasteiger partial charge in [-0.15, -0.1) is 0 Å². The highest BCUT2D eigenvalue weighted by molar-refractivity contribution is 5.89. The summed E-state index contributed by atoms with van der Waals surface area (Å²) in [7, 11) is 0. The summed E-state index contributed by atoms with van der Waals surface area (Å²) in [5, 5.41) is 17.4. The van der Waals surface area contributed by atoms with E-state index in [9.17, 15) is 4.79 Å². The number of nitrogens with zero attached hydrogens (tertiary/aromatic N) is 2. The minimum absolute atomic E-state index is 0.0484. The number of amides is 1. The molecule has 1 aliphatic rings. The van der Waals surface area contributed by atoms with Crippen LogP contribution < -0.4 is 9.64 Å². The summed E-state index contributed by atoms with van der Waals surface area (Å²) in [5.74, 6) is 0.509. The van der Waals surface area contributed by atoms with Gasteiger partial charge in [0.05, 0.1) is 18.8 Å². The van der Waals surface area contributed by atoms with Crippen LogP contribution in [-0.4, -0.2) is 37.1 Å². The molecule has 1 aliphatic heterocycles. The number of anilines is 1. The van der Waals surface area contributed by atoms with Crippen molar-refractivity contribution in [3.8, 4) is 11.8 Å². The average molecular weight is 248 g/mol. The highest BCUT2D eigenvalue weighted by atomic mass is 16.6. The number of nitriles is 1. The van der Waals surface area contributed by atoms with Crippen LogP contribution in [0.3, 0.4) is 0 Å². The lowest BCUT2D eigenvalue weighted by Crippen LogP contribution is -2.25. The van der Waals surface area contributed by atoms with E-state index in [0.717, 1.165) is 0 Å². The highest BCUT2D eigenvalue weighted by Crippen LogP contribution is 2.25. The maximum absolute atomic E-state index is 11.6. The summed E-state index contributed by atoms with van der Waals surface area (Å²) >= 11 is 0. The van der Waals surface area contributed by atoms with Crippen LogP contribution in [0.2, 0.25) is 0 Å². The van der Waals surface area contributed by atoms with Gasteiger partial charge in [0, 0.05) is 6.07 Å². The van der Waals surface area contributed by atoms with E-state index < -0.39 is 12.2 Å². The average Bonchev–Trinajstić information content (AvgIpc) is 2.78. The van der Waals surface area contributed by atoms with Crippen LogP contribution in [0.25, 0.3) is 0 Å². The molecule has 18 heavy (non-hydrogen) atoms. The van der Waals surface area contributed by atoms with Gasteiger partial charge < -0.3 is 14.6 Å². The topological polar surface area (TPSA) is 82.8 Å². The molecule has 0 saturated carbocycles. The number of hydrogen-bond acceptors (Lipinski definition) is 5. The molecule has 0 bridgehead atoms. The third-order valence-electron chi connectivity index (χ3n) is 2.51. The van der Waals surface area contributed by atoms with E-state index in [0.29, 0.717) is 18.0 Å². The molecule has 1 atom stereocenters. The standard InChI is InChI=1S/C12H12N2O4/c13-4-5-17-10-3-1-2-9(6-10)14-7-11(8-15)18-12(14)16/h1-3,6,11,15H,5,7-8H2. The second-order valence-electron chi connectivity index (χ2n) is 3.74. The first-order chi connectivity index (χ1) is 8.74. The molecule has 0 aliphatic carbocycles. The molecular formula is C12H12N2O4. The van der Waals surface area contributed by atoms with Crippen molar-refractivity contribution >= 4 is 11.8 Å². The van der Waals surface area contributed by atoms with Crippen molar-refractivity contribution in [2.45, 2.75) is 6.10 Å². The maximum Gasteiger partial charge on any atom is 0.414 e. The number of carbonyl (C=O) groups is 1. The molecule has 1 N–H and O–H groups in total. The largest absolute Gasteiger partial charge is 0.479 e. The molecule has 2 rings (SSSR count). The van der Waals surface area contributed by atoms with Crippen LogP contribution in [0.1, 0.15) is 0 Å². The molecule has 1 aromatic carbocycles. The Morgan fingerprint density at radius 1 is 1.61 bits per heavy atom. The third kappa shape index (κ3) is 2.52. The van der Waals surface area contributed by atoms with Gasteiger partial charge in [0.2, 0.25) is 0 Å². The van der Waals surface area contributed by atoms with Gasteiger partial charge in [0.25, 0.3) is 0 Å². The van der Waals surface area contributed by atoms with Crippen molar-refractivity contribution in [2.75, 3.05) is 24.7 Å². The summed E-state index contributed by atoms with van der Waals surface area (Å²) in [6.45, 7) is 0.0526. The predicted molar refractivity (Wildman–Crippen MR) is 62.3 cm³/mol. The minimum atomic E-state index is -0.499. The fourth-order valence-electron chi connectivity index (χ4n) is 1.68. The van der Waals surface area contributed by atoms with Crippen molar-refractivity contribution in [1.82, 2.24) is 0 Å². The summed E-state index contributed by atoms with van der Waals surface area (Å²) in [6.07, 6.45) is -0.993. The van der Waals surface area contributed by atoms with Gasteiger partial charge in [-0.25, -0.2) is 4.79 Å². The number of carbonyl (C=O) groups excluding carboxylic acids is 1. The summed E-state index contributed by atoms with van der Waals surface area (Å²) in [6, 6.07) is 8.68. The monoisotopic (exact) mass is 248 g/mol. The van der Waals surface area contributed by atoms with Gasteiger partial charge in [-0.1, -0.05) is 6.07 Å². The molecule has 1 aromatic rings. The first kappa shape index (κ1) is 12.2. The van der Waals surface area contributed by atoms with Crippen molar-refractivity contribution in [3.05, 3.63) is 24.3 Å². The van der Waals surface area contributed by atoms with Gasteiger partial charge in [-0.05, 0) is 12.1 Å². The summed E-state index contributed by atoms with van der Waals surface area (Å²) in [4.78, 5) is 13.0. The van der Waals surface area contributed by atoms with E-state index in [4.69, 9.17) is 19.8 Å². The fraction of sp³-hybridized carbons (Fsp3) is 0.333. The molecule has 0 aromatic heterocycles. The van der Waals surface area contributed by atoms with Crippen molar-refractivity contribution in [3.63, 3.8) is 0 Å². The second kappa shape index (κ2) is 5.38. The lowest BCUT2D eigenvalue weighted by Gasteiger charge is -2.13. The molecule has 1 amide bonds. The zero-order valence-electron chi connectivity index (χ0n) is 9.57. The van der Waals surface area contributed by atoms with Crippen molar-refractivity contribution < 1.29 is 19.4 Å². The fourth-order valence-corrected chi connectivity index (χ4v) is 1.68. The van der Waals surface area contributed by atoms with E-state index in [1.165, 1.54) is 4.90 Å². The van der Waals surface area contributed by atoms with Gasteiger partial charge in [0.15, 0.2) is 6.61 Å². The number of aliphatic hydroxyl groups excluding tert-OH is 1. The Hall–Kier alpha value is -2.26. The summed E-state index contributed by atoms with van der Waals surface area (Å²) in [5.41, 5.74) is 0.617.